The van der Waals surface area contributed by atoms with Crippen molar-refractivity contribution in [3.63, 3.8) is 0 Å². The number of hydrogen-bond acceptors (Lipinski definition) is 4. The maximum Gasteiger partial charge on any atom is 0.343 e. The number of benzene rings is 4. The van der Waals surface area contributed by atoms with E-state index in [2.05, 4.69) is 0 Å². The highest BCUT2D eigenvalue weighted by molar-refractivity contribution is 6.31. The fourth-order valence-corrected chi connectivity index (χ4v) is 3.38. The third-order valence-electron chi connectivity index (χ3n) is 4.83. The van der Waals surface area contributed by atoms with Crippen LogP contribution < -0.4 is 0 Å². The lowest BCUT2D eigenvalue weighted by Crippen LogP contribution is -2.11. The van der Waals surface area contributed by atoms with Gasteiger partial charge in [0.05, 0.1) is 11.1 Å². The summed E-state index contributed by atoms with van der Waals surface area (Å²) in [7, 11) is 0. The summed E-state index contributed by atoms with van der Waals surface area (Å²) in [6.07, 6.45) is 0. The summed E-state index contributed by atoms with van der Waals surface area (Å²) < 4.78 is 11.7. The van der Waals surface area contributed by atoms with Gasteiger partial charge in [-0.05, 0) is 72.8 Å². The molecular weight excluding hydrogens is 471 g/mol. The molecule has 0 heterocycles. The summed E-state index contributed by atoms with van der Waals surface area (Å²) in [5.74, 6) is -1.07. The Kier molecular flexibility index (Phi) is 7.43. The van der Waals surface area contributed by atoms with Gasteiger partial charge in [0.1, 0.15) is 0 Å². The molecule has 0 spiro atoms. The lowest BCUT2D eigenvalue weighted by molar-refractivity contribution is 0.0647. The van der Waals surface area contributed by atoms with Gasteiger partial charge < -0.3 is 9.47 Å². The highest BCUT2D eigenvalue weighted by Crippen LogP contribution is 2.32. The van der Waals surface area contributed by atoms with Gasteiger partial charge in [-0.25, -0.2) is 9.59 Å². The molecule has 34 heavy (non-hydrogen) atoms. The Morgan fingerprint density at radius 2 is 0.765 bits per heavy atom. The molecule has 0 fully saturated rings. The van der Waals surface area contributed by atoms with Gasteiger partial charge in [0.2, 0.25) is 0 Å². The normalized spacial score (nSPS) is 11.4. The SMILES string of the molecule is O=C(OC(=C(OC(=O)c1ccccc1)c1ccc(Cl)cc1)c1ccc(Cl)cc1)c1ccccc1. The first-order valence-electron chi connectivity index (χ1n) is 10.3. The van der Waals surface area contributed by atoms with E-state index in [0.717, 1.165) is 0 Å². The van der Waals surface area contributed by atoms with E-state index in [-0.39, 0.29) is 11.5 Å². The zero-order valence-electron chi connectivity index (χ0n) is 17.8. The minimum Gasteiger partial charge on any atom is -0.418 e. The molecular formula is C28H18Cl2O4. The fourth-order valence-electron chi connectivity index (χ4n) is 3.13. The standard InChI is InChI=1S/C28H18Cl2O4/c29-23-15-11-19(12-16-23)25(33-27(31)21-7-3-1-4-8-21)26(20-13-17-24(30)18-14-20)34-28(32)22-9-5-2-6-10-22/h1-18H. The summed E-state index contributed by atoms with van der Waals surface area (Å²) in [6, 6.07) is 30.5. The van der Waals surface area contributed by atoms with Crippen molar-refractivity contribution in [3.8, 4) is 0 Å². The van der Waals surface area contributed by atoms with Gasteiger partial charge in [-0.2, -0.15) is 0 Å². The lowest BCUT2D eigenvalue weighted by Gasteiger charge is -2.16. The maximum atomic E-state index is 13.0. The van der Waals surface area contributed by atoms with Crippen molar-refractivity contribution in [1.82, 2.24) is 0 Å². The Bertz CT molecular complexity index is 1210. The second-order valence-corrected chi connectivity index (χ2v) is 8.06. The summed E-state index contributed by atoms with van der Waals surface area (Å²) >= 11 is 12.1. The van der Waals surface area contributed by atoms with Crippen LogP contribution in [0.5, 0.6) is 0 Å². The molecule has 0 radical (unpaired) electrons. The Morgan fingerprint density at radius 3 is 1.09 bits per heavy atom. The molecule has 0 bridgehead atoms. The van der Waals surface area contributed by atoms with E-state index in [1.807, 2.05) is 0 Å². The predicted octanol–water partition coefficient (Wildman–Crippen LogP) is 7.53. The monoisotopic (exact) mass is 488 g/mol. The summed E-state index contributed by atoms with van der Waals surface area (Å²) in [6.45, 7) is 0. The maximum absolute atomic E-state index is 13.0. The van der Waals surface area contributed by atoms with Crippen molar-refractivity contribution in [2.45, 2.75) is 0 Å². The largest absolute Gasteiger partial charge is 0.418 e. The van der Waals surface area contributed by atoms with Gasteiger partial charge in [-0.3, -0.25) is 0 Å². The van der Waals surface area contributed by atoms with Crippen molar-refractivity contribution >= 4 is 46.7 Å². The van der Waals surface area contributed by atoms with Crippen molar-refractivity contribution < 1.29 is 19.1 Å². The molecule has 0 saturated heterocycles. The van der Waals surface area contributed by atoms with Gasteiger partial charge in [-0.1, -0.05) is 59.6 Å². The Morgan fingerprint density at radius 1 is 0.441 bits per heavy atom. The summed E-state index contributed by atoms with van der Waals surface area (Å²) in [4.78, 5) is 26.0. The van der Waals surface area contributed by atoms with Crippen molar-refractivity contribution in [2.75, 3.05) is 0 Å². The number of carbonyl (C=O) groups excluding carboxylic acids is 2. The van der Waals surface area contributed by atoms with Crippen LogP contribution in [0.1, 0.15) is 31.8 Å². The average Bonchev–Trinajstić information content (AvgIpc) is 2.88. The molecule has 168 valence electrons. The minimum atomic E-state index is -0.604. The molecule has 0 aliphatic carbocycles. The fraction of sp³-hybridized carbons (Fsp3) is 0. The van der Waals surface area contributed by atoms with E-state index in [4.69, 9.17) is 32.7 Å². The molecule has 0 saturated carbocycles. The third kappa shape index (κ3) is 5.73. The predicted molar refractivity (Wildman–Crippen MR) is 133 cm³/mol. The van der Waals surface area contributed by atoms with Crippen LogP contribution in [0, 0.1) is 0 Å². The lowest BCUT2D eigenvalue weighted by atomic mass is 10.1. The molecule has 0 aliphatic rings. The molecule has 0 aromatic heterocycles. The van der Waals surface area contributed by atoms with Crippen LogP contribution in [-0.2, 0) is 9.47 Å². The van der Waals surface area contributed by atoms with Gasteiger partial charge >= 0.3 is 11.9 Å². The van der Waals surface area contributed by atoms with E-state index < -0.39 is 11.9 Å². The second kappa shape index (κ2) is 10.8. The Labute approximate surface area is 207 Å². The molecule has 0 amide bonds. The van der Waals surface area contributed by atoms with Crippen LogP contribution in [0.15, 0.2) is 109 Å². The summed E-state index contributed by atoms with van der Waals surface area (Å²) in [5, 5.41) is 1.01. The summed E-state index contributed by atoms with van der Waals surface area (Å²) in [5.41, 5.74) is 1.69. The van der Waals surface area contributed by atoms with Crippen molar-refractivity contribution in [2.24, 2.45) is 0 Å². The number of rotatable bonds is 6. The van der Waals surface area contributed by atoms with Gasteiger partial charge in [-0.15, -0.1) is 0 Å². The molecule has 4 aromatic carbocycles. The Hall–Kier alpha value is -3.86. The Balaban J connectivity index is 1.86. The smallest absolute Gasteiger partial charge is 0.343 e. The first-order valence-corrected chi connectivity index (χ1v) is 11.1. The molecule has 0 unspecified atom stereocenters. The molecule has 6 heteroatoms. The zero-order valence-corrected chi connectivity index (χ0v) is 19.3. The highest BCUT2D eigenvalue weighted by atomic mass is 35.5. The number of esters is 2. The van der Waals surface area contributed by atoms with E-state index >= 15 is 0 Å². The first kappa shape index (κ1) is 23.3. The van der Waals surface area contributed by atoms with Gasteiger partial charge in [0.25, 0.3) is 0 Å². The molecule has 0 atom stereocenters. The molecule has 0 N–H and O–H groups in total. The molecule has 0 aliphatic heterocycles. The van der Waals surface area contributed by atoms with Gasteiger partial charge in [0, 0.05) is 21.2 Å². The van der Waals surface area contributed by atoms with Crippen LogP contribution >= 0.6 is 23.2 Å². The van der Waals surface area contributed by atoms with Crippen molar-refractivity contribution in [3.05, 3.63) is 141 Å². The number of ether oxygens (including phenoxy) is 2. The topological polar surface area (TPSA) is 52.6 Å². The first-order chi connectivity index (χ1) is 16.5. The molecule has 4 aromatic rings. The van der Waals surface area contributed by atoms with Crippen LogP contribution in [0.2, 0.25) is 10.0 Å². The molecule has 4 nitrogen and oxygen atoms in total. The van der Waals surface area contributed by atoms with Crippen LogP contribution in [-0.4, -0.2) is 11.9 Å². The van der Waals surface area contributed by atoms with E-state index in [0.29, 0.717) is 32.3 Å². The van der Waals surface area contributed by atoms with Crippen molar-refractivity contribution in [1.29, 1.82) is 0 Å². The molecule has 4 rings (SSSR count). The van der Waals surface area contributed by atoms with Crippen LogP contribution in [0.25, 0.3) is 11.5 Å². The minimum absolute atomic E-state index is 0.0668. The number of halogens is 2. The van der Waals surface area contributed by atoms with E-state index in [1.54, 1.807) is 109 Å². The van der Waals surface area contributed by atoms with E-state index in [9.17, 15) is 9.59 Å². The second-order valence-electron chi connectivity index (χ2n) is 7.18. The number of hydrogen-bond donors (Lipinski definition) is 0. The zero-order chi connectivity index (χ0) is 23.9. The number of carbonyl (C=O) groups is 2. The van der Waals surface area contributed by atoms with E-state index in [1.165, 1.54) is 0 Å². The van der Waals surface area contributed by atoms with Crippen LogP contribution in [0.3, 0.4) is 0 Å². The quantitative estimate of drug-likeness (QED) is 0.160. The average molecular weight is 489 g/mol. The van der Waals surface area contributed by atoms with Crippen LogP contribution in [0.4, 0.5) is 0 Å². The van der Waals surface area contributed by atoms with Gasteiger partial charge in [0.15, 0.2) is 11.5 Å². The highest BCUT2D eigenvalue weighted by Gasteiger charge is 2.23. The third-order valence-corrected chi connectivity index (χ3v) is 5.33.